The van der Waals surface area contributed by atoms with E-state index in [1.54, 1.807) is 12.4 Å². The molecule has 0 spiro atoms. The first kappa shape index (κ1) is 17.4. The van der Waals surface area contributed by atoms with Gasteiger partial charge >= 0.3 is 0 Å². The molecule has 5 rings (SSSR count). The van der Waals surface area contributed by atoms with Crippen LogP contribution in [0.15, 0.2) is 78.2 Å². The summed E-state index contributed by atoms with van der Waals surface area (Å²) >= 11 is 0. The third kappa shape index (κ3) is 3.57. The molecule has 142 valence electrons. The van der Waals surface area contributed by atoms with Gasteiger partial charge < -0.3 is 0 Å². The van der Waals surface area contributed by atoms with Crippen molar-refractivity contribution < 1.29 is 0 Å². The second-order valence-corrected chi connectivity index (χ2v) is 7.03. The highest BCUT2D eigenvalue weighted by Crippen LogP contribution is 2.34. The molecule has 3 heterocycles. The molecule has 0 radical (unpaired) electrons. The molecule has 3 aromatic rings. The van der Waals surface area contributed by atoms with Crippen LogP contribution in [0.5, 0.6) is 0 Å². The smallest absolute Gasteiger partial charge is 0.219 e. The summed E-state index contributed by atoms with van der Waals surface area (Å²) in [6, 6.07) is 12.6. The molecule has 0 N–H and O–H groups in total. The van der Waals surface area contributed by atoms with Gasteiger partial charge in [-0.25, -0.2) is 0 Å². The molecule has 1 aromatic carbocycles. The monoisotopic (exact) mass is 380 g/mol. The summed E-state index contributed by atoms with van der Waals surface area (Å²) in [6.45, 7) is 0. The SMILES string of the molecule is C1=CN=C(c2nnn(-c3cncc(C4=C(c5ccccc5)C=CCC4)c3)n2)CC1. The molecule has 2 aromatic heterocycles. The van der Waals surface area contributed by atoms with E-state index in [1.165, 1.54) is 21.5 Å². The van der Waals surface area contributed by atoms with Crippen LogP contribution in [0.25, 0.3) is 16.8 Å². The molecular weight excluding hydrogens is 360 g/mol. The molecule has 0 saturated carbocycles. The van der Waals surface area contributed by atoms with Crippen molar-refractivity contribution in [2.24, 2.45) is 4.99 Å². The number of rotatable bonds is 4. The number of benzene rings is 1. The maximum atomic E-state index is 4.53. The van der Waals surface area contributed by atoms with Crippen LogP contribution in [0.4, 0.5) is 0 Å². The normalized spacial score (nSPS) is 16.2. The highest BCUT2D eigenvalue weighted by Gasteiger charge is 2.16. The topological polar surface area (TPSA) is 68.8 Å². The second kappa shape index (κ2) is 7.75. The Hall–Kier alpha value is -3.67. The van der Waals surface area contributed by atoms with Gasteiger partial charge in [-0.05, 0) is 59.2 Å². The van der Waals surface area contributed by atoms with Crippen molar-refractivity contribution in [3.63, 3.8) is 0 Å². The van der Waals surface area contributed by atoms with Gasteiger partial charge in [0, 0.05) is 12.4 Å². The van der Waals surface area contributed by atoms with Gasteiger partial charge in [0.05, 0.1) is 11.9 Å². The van der Waals surface area contributed by atoms with E-state index in [4.69, 9.17) is 0 Å². The number of aliphatic imine (C=N–C) groups is 1. The highest BCUT2D eigenvalue weighted by atomic mass is 15.6. The first-order valence-electron chi connectivity index (χ1n) is 9.81. The summed E-state index contributed by atoms with van der Waals surface area (Å²) in [6.07, 6.45) is 15.7. The van der Waals surface area contributed by atoms with E-state index in [-0.39, 0.29) is 0 Å². The number of aromatic nitrogens is 5. The van der Waals surface area contributed by atoms with Crippen LogP contribution in [0.2, 0.25) is 0 Å². The third-order valence-electron chi connectivity index (χ3n) is 5.11. The van der Waals surface area contributed by atoms with Gasteiger partial charge in [-0.1, -0.05) is 48.6 Å². The zero-order valence-electron chi connectivity index (χ0n) is 15.9. The third-order valence-corrected chi connectivity index (χ3v) is 5.11. The number of hydrogen-bond acceptors (Lipinski definition) is 5. The Labute approximate surface area is 169 Å². The fourth-order valence-electron chi connectivity index (χ4n) is 3.66. The minimum Gasteiger partial charge on any atom is -0.262 e. The summed E-state index contributed by atoms with van der Waals surface area (Å²) in [7, 11) is 0. The summed E-state index contributed by atoms with van der Waals surface area (Å²) in [5.74, 6) is 0.574. The molecule has 0 fully saturated rings. The molecule has 0 saturated heterocycles. The maximum Gasteiger partial charge on any atom is 0.219 e. The van der Waals surface area contributed by atoms with Crippen LogP contribution < -0.4 is 0 Å². The Morgan fingerprint density at radius 2 is 1.79 bits per heavy atom. The maximum absolute atomic E-state index is 4.53. The lowest BCUT2D eigenvalue weighted by atomic mass is 9.88. The summed E-state index contributed by atoms with van der Waals surface area (Å²) in [5, 5.41) is 12.9. The Morgan fingerprint density at radius 3 is 2.66 bits per heavy atom. The van der Waals surface area contributed by atoms with Crippen LogP contribution in [0.1, 0.15) is 42.6 Å². The fourth-order valence-corrected chi connectivity index (χ4v) is 3.66. The molecule has 1 aliphatic heterocycles. The molecule has 0 unspecified atom stereocenters. The predicted octanol–water partition coefficient (Wildman–Crippen LogP) is 4.41. The molecule has 6 heteroatoms. The Kier molecular flexibility index (Phi) is 4.66. The molecule has 0 amide bonds. The Bertz CT molecular complexity index is 1150. The molecule has 1 aliphatic carbocycles. The molecular formula is C23H20N6. The number of allylic oxidation sites excluding steroid dienone is 5. The van der Waals surface area contributed by atoms with Crippen molar-refractivity contribution in [3.05, 3.63) is 90.2 Å². The van der Waals surface area contributed by atoms with Crippen LogP contribution in [-0.2, 0) is 0 Å². The summed E-state index contributed by atoms with van der Waals surface area (Å²) in [5.41, 5.74) is 6.49. The number of hydrogen-bond donors (Lipinski definition) is 0. The van der Waals surface area contributed by atoms with Crippen LogP contribution in [0, 0.1) is 0 Å². The zero-order valence-corrected chi connectivity index (χ0v) is 15.9. The standard InChI is InChI=1S/C23H20N6/c1-2-8-17(9-3-1)20-10-4-5-11-21(20)18-14-19(16-24-15-18)29-27-23(26-28-29)22-12-6-7-13-25-22/h1-4,7-10,13-16H,5-6,11-12H2. The van der Waals surface area contributed by atoms with Crippen molar-refractivity contribution in [1.82, 2.24) is 25.2 Å². The lowest BCUT2D eigenvalue weighted by molar-refractivity contribution is 0.716. The molecule has 6 nitrogen and oxygen atoms in total. The fraction of sp³-hybridized carbons (Fsp3) is 0.174. The first-order chi connectivity index (χ1) is 14.4. The van der Waals surface area contributed by atoms with Gasteiger partial charge in [0.2, 0.25) is 5.82 Å². The molecule has 29 heavy (non-hydrogen) atoms. The largest absolute Gasteiger partial charge is 0.262 e. The van der Waals surface area contributed by atoms with E-state index >= 15 is 0 Å². The van der Waals surface area contributed by atoms with Gasteiger partial charge in [-0.2, -0.15) is 0 Å². The van der Waals surface area contributed by atoms with E-state index < -0.39 is 0 Å². The minimum absolute atomic E-state index is 0.574. The molecule has 0 bridgehead atoms. The van der Waals surface area contributed by atoms with Gasteiger partial charge in [0.25, 0.3) is 0 Å². The first-order valence-corrected chi connectivity index (χ1v) is 9.81. The lowest BCUT2D eigenvalue weighted by Gasteiger charge is -2.17. The lowest BCUT2D eigenvalue weighted by Crippen LogP contribution is -2.06. The van der Waals surface area contributed by atoms with E-state index in [0.717, 1.165) is 42.6 Å². The second-order valence-electron chi connectivity index (χ2n) is 7.03. The summed E-state index contributed by atoms with van der Waals surface area (Å²) in [4.78, 5) is 10.4. The number of nitrogens with zero attached hydrogens (tertiary/aromatic N) is 6. The Balaban J connectivity index is 1.52. The van der Waals surface area contributed by atoms with Gasteiger partial charge in [-0.3, -0.25) is 9.98 Å². The van der Waals surface area contributed by atoms with E-state index in [9.17, 15) is 0 Å². The van der Waals surface area contributed by atoms with E-state index in [2.05, 4.69) is 67.9 Å². The highest BCUT2D eigenvalue weighted by molar-refractivity contribution is 5.98. The van der Waals surface area contributed by atoms with Crippen LogP contribution >= 0.6 is 0 Å². The van der Waals surface area contributed by atoms with E-state index in [0.29, 0.717) is 5.82 Å². The van der Waals surface area contributed by atoms with Crippen molar-refractivity contribution in [1.29, 1.82) is 0 Å². The van der Waals surface area contributed by atoms with Crippen LogP contribution in [-0.4, -0.2) is 30.9 Å². The van der Waals surface area contributed by atoms with Gasteiger partial charge in [0.15, 0.2) is 0 Å². The van der Waals surface area contributed by atoms with Crippen LogP contribution in [0.3, 0.4) is 0 Å². The average molecular weight is 380 g/mol. The van der Waals surface area contributed by atoms with E-state index in [1.807, 2.05) is 18.3 Å². The van der Waals surface area contributed by atoms with Gasteiger partial charge in [-0.15, -0.1) is 15.0 Å². The predicted molar refractivity (Wildman–Crippen MR) is 113 cm³/mol. The average Bonchev–Trinajstić information content (AvgIpc) is 3.31. The number of tetrazole rings is 1. The van der Waals surface area contributed by atoms with Crippen molar-refractivity contribution in [3.8, 4) is 5.69 Å². The van der Waals surface area contributed by atoms with Crippen molar-refractivity contribution >= 4 is 16.9 Å². The van der Waals surface area contributed by atoms with Crippen molar-refractivity contribution in [2.45, 2.75) is 25.7 Å². The zero-order chi connectivity index (χ0) is 19.5. The quantitative estimate of drug-likeness (QED) is 0.672. The van der Waals surface area contributed by atoms with Crippen molar-refractivity contribution in [2.75, 3.05) is 0 Å². The number of pyridine rings is 1. The Morgan fingerprint density at radius 1 is 0.897 bits per heavy atom. The molecule has 0 atom stereocenters. The summed E-state index contributed by atoms with van der Waals surface area (Å²) < 4.78 is 0. The minimum atomic E-state index is 0.574. The van der Waals surface area contributed by atoms with Gasteiger partial charge in [0.1, 0.15) is 5.69 Å². The molecule has 2 aliphatic rings.